The van der Waals surface area contributed by atoms with Crippen molar-refractivity contribution in [3.05, 3.63) is 10.1 Å². The van der Waals surface area contributed by atoms with Crippen LogP contribution in [0.25, 0.3) is 0 Å². The second-order valence-corrected chi connectivity index (χ2v) is 7.01. The van der Waals surface area contributed by atoms with Gasteiger partial charge in [-0.05, 0) is 39.7 Å². The molecule has 0 spiro atoms. The molecule has 1 heterocycles. The van der Waals surface area contributed by atoms with E-state index in [0.29, 0.717) is 13.0 Å². The Kier molecular flexibility index (Phi) is 7.61. The molecule has 1 rings (SSSR count). The van der Waals surface area contributed by atoms with Crippen molar-refractivity contribution in [3.63, 3.8) is 0 Å². The Labute approximate surface area is 145 Å². The normalized spacial score (nSPS) is 20.7. The lowest BCUT2D eigenvalue weighted by Gasteiger charge is -2.21. The zero-order valence-corrected chi connectivity index (χ0v) is 14.5. The Morgan fingerprint density at radius 3 is 2.67 bits per heavy atom. The van der Waals surface area contributed by atoms with Gasteiger partial charge in [0.05, 0.1) is 0 Å². The monoisotopic (exact) mass is 362 g/mol. The molecule has 1 aliphatic rings. The Morgan fingerprint density at radius 2 is 2.12 bits per heavy atom. The summed E-state index contributed by atoms with van der Waals surface area (Å²) in [5.74, 6) is -1.87. The molecule has 9 nitrogen and oxygen atoms in total. The van der Waals surface area contributed by atoms with Crippen molar-refractivity contribution in [2.24, 2.45) is 0 Å². The molecule has 0 saturated carbocycles. The highest BCUT2D eigenvalue weighted by molar-refractivity contribution is 7.82. The van der Waals surface area contributed by atoms with E-state index in [1.807, 2.05) is 0 Å². The first-order valence-corrected chi connectivity index (χ1v) is 8.11. The highest BCUT2D eigenvalue weighted by Crippen LogP contribution is 2.23. The lowest BCUT2D eigenvalue weighted by molar-refractivity contribution is -0.767. The van der Waals surface area contributed by atoms with Crippen molar-refractivity contribution in [2.45, 2.75) is 62.8 Å². The topological polar surface area (TPSA) is 125 Å². The van der Waals surface area contributed by atoms with E-state index in [0.717, 1.165) is 6.42 Å². The fourth-order valence-corrected chi connectivity index (χ4v) is 2.49. The van der Waals surface area contributed by atoms with E-state index in [-0.39, 0.29) is 25.0 Å². The standard InChI is InChI=1S/C14H22N2O7S/c1-9(23-16(20)21)5-6-10(17)8-14(2,24)13(19)22-12(18)11-4-3-7-15-11/h9,11,15,24H,3-8H2,1-2H3/t9?,11-,14-/m0/s1. The summed E-state index contributed by atoms with van der Waals surface area (Å²) in [5.41, 5.74) is 0. The van der Waals surface area contributed by atoms with Gasteiger partial charge < -0.3 is 14.9 Å². The van der Waals surface area contributed by atoms with E-state index in [9.17, 15) is 24.5 Å². The smallest absolute Gasteiger partial charge is 0.330 e. The molecule has 0 aromatic rings. The zero-order chi connectivity index (χ0) is 18.3. The molecule has 0 aliphatic carbocycles. The fourth-order valence-electron chi connectivity index (χ4n) is 2.27. The molecule has 0 aromatic heterocycles. The fraction of sp³-hybridized carbons (Fsp3) is 0.786. The van der Waals surface area contributed by atoms with Crippen LogP contribution in [0, 0.1) is 10.1 Å². The average Bonchev–Trinajstić information content (AvgIpc) is 2.98. The molecule has 1 aliphatic heterocycles. The molecular weight excluding hydrogens is 340 g/mol. The van der Waals surface area contributed by atoms with Crippen molar-refractivity contribution < 1.29 is 29.0 Å². The molecular formula is C14H22N2O7S. The van der Waals surface area contributed by atoms with Crippen molar-refractivity contribution >= 4 is 30.4 Å². The van der Waals surface area contributed by atoms with Gasteiger partial charge in [0.25, 0.3) is 5.09 Å². The van der Waals surface area contributed by atoms with Crippen LogP contribution in [0.1, 0.15) is 46.0 Å². The highest BCUT2D eigenvalue weighted by Gasteiger charge is 2.36. The van der Waals surface area contributed by atoms with Crippen molar-refractivity contribution in [3.8, 4) is 0 Å². The second kappa shape index (κ2) is 8.97. The lowest BCUT2D eigenvalue weighted by Crippen LogP contribution is -2.40. The van der Waals surface area contributed by atoms with Gasteiger partial charge in [0.1, 0.15) is 22.7 Å². The Morgan fingerprint density at radius 1 is 1.46 bits per heavy atom. The van der Waals surface area contributed by atoms with Crippen LogP contribution in [0.15, 0.2) is 0 Å². The summed E-state index contributed by atoms with van der Waals surface area (Å²) in [6.45, 7) is 3.55. The summed E-state index contributed by atoms with van der Waals surface area (Å²) >= 11 is 4.13. The van der Waals surface area contributed by atoms with Crippen LogP contribution in [-0.2, 0) is 24.0 Å². The minimum absolute atomic E-state index is 0.00341. The number of rotatable bonds is 9. The third kappa shape index (κ3) is 6.83. The van der Waals surface area contributed by atoms with Crippen molar-refractivity contribution in [2.75, 3.05) is 6.54 Å². The Bertz CT molecular complexity index is 503. The summed E-state index contributed by atoms with van der Waals surface area (Å²) in [6.07, 6.45) is 0.598. The summed E-state index contributed by atoms with van der Waals surface area (Å²) < 4.78 is 3.35. The molecule has 1 saturated heterocycles. The number of Topliss-reactive ketones (excluding diaryl/α,β-unsaturated/α-hetero) is 1. The van der Waals surface area contributed by atoms with Gasteiger partial charge in [0.15, 0.2) is 0 Å². The summed E-state index contributed by atoms with van der Waals surface area (Å²) in [7, 11) is 0. The van der Waals surface area contributed by atoms with Gasteiger partial charge in [-0.3, -0.25) is 9.59 Å². The van der Waals surface area contributed by atoms with Crippen LogP contribution in [0.4, 0.5) is 0 Å². The van der Waals surface area contributed by atoms with E-state index in [1.54, 1.807) is 0 Å². The van der Waals surface area contributed by atoms with Crippen molar-refractivity contribution in [1.29, 1.82) is 0 Å². The number of nitrogens with one attached hydrogen (secondary N) is 1. The maximum Gasteiger partial charge on any atom is 0.330 e. The minimum atomic E-state index is -1.45. The molecule has 24 heavy (non-hydrogen) atoms. The molecule has 136 valence electrons. The maximum absolute atomic E-state index is 12.0. The van der Waals surface area contributed by atoms with Gasteiger partial charge in [-0.2, -0.15) is 12.6 Å². The van der Waals surface area contributed by atoms with E-state index in [1.165, 1.54) is 13.8 Å². The summed E-state index contributed by atoms with van der Waals surface area (Å²) in [6, 6.07) is -0.506. The number of thiol groups is 1. The van der Waals surface area contributed by atoms with Crippen molar-refractivity contribution in [1.82, 2.24) is 5.32 Å². The molecule has 3 atom stereocenters. The number of ether oxygens (including phenoxy) is 1. The number of hydrogen-bond acceptors (Lipinski definition) is 9. The predicted octanol–water partition coefficient (Wildman–Crippen LogP) is 0.833. The Hall–Kier alpha value is -1.68. The van der Waals surface area contributed by atoms with Crippen LogP contribution in [-0.4, -0.2) is 46.2 Å². The van der Waals surface area contributed by atoms with Crippen LogP contribution in [0.2, 0.25) is 0 Å². The molecule has 0 radical (unpaired) electrons. The molecule has 1 fully saturated rings. The maximum atomic E-state index is 12.0. The first-order chi connectivity index (χ1) is 11.1. The molecule has 0 aromatic carbocycles. The van der Waals surface area contributed by atoms with E-state index < -0.39 is 33.9 Å². The third-order valence-corrected chi connectivity index (χ3v) is 3.96. The highest BCUT2D eigenvalue weighted by atomic mass is 32.1. The van der Waals surface area contributed by atoms with E-state index in [2.05, 4.69) is 22.8 Å². The molecule has 10 heteroatoms. The molecule has 0 bridgehead atoms. The van der Waals surface area contributed by atoms with Gasteiger partial charge in [0, 0.05) is 12.8 Å². The SMILES string of the molecule is CC(CCC(=O)C[C@](C)(S)C(=O)OC(=O)[C@@H]1CCCN1)O[N+](=O)[O-]. The van der Waals surface area contributed by atoms with Crippen LogP contribution >= 0.6 is 12.6 Å². The van der Waals surface area contributed by atoms with Gasteiger partial charge in [0.2, 0.25) is 0 Å². The predicted molar refractivity (Wildman–Crippen MR) is 85.9 cm³/mol. The average molecular weight is 362 g/mol. The van der Waals surface area contributed by atoms with Gasteiger partial charge in [-0.15, -0.1) is 10.1 Å². The Balaban J connectivity index is 2.42. The minimum Gasteiger partial charge on any atom is -0.391 e. The van der Waals surface area contributed by atoms with Crippen LogP contribution < -0.4 is 5.32 Å². The summed E-state index contributed by atoms with van der Waals surface area (Å²) in [4.78, 5) is 50.2. The van der Waals surface area contributed by atoms with E-state index in [4.69, 9.17) is 4.74 Å². The largest absolute Gasteiger partial charge is 0.391 e. The molecule has 0 amide bonds. The van der Waals surface area contributed by atoms with Crippen LogP contribution in [0.3, 0.4) is 0 Å². The number of carbonyl (C=O) groups excluding carboxylic acids is 3. The number of esters is 2. The summed E-state index contributed by atoms with van der Waals surface area (Å²) in [5, 5.41) is 12.2. The third-order valence-electron chi connectivity index (χ3n) is 3.61. The van der Waals surface area contributed by atoms with Gasteiger partial charge in [-0.25, -0.2) is 4.79 Å². The second-order valence-electron chi connectivity index (χ2n) is 6.03. The first-order valence-electron chi connectivity index (χ1n) is 7.66. The quantitative estimate of drug-likeness (QED) is 0.203. The van der Waals surface area contributed by atoms with Gasteiger partial charge in [-0.1, -0.05) is 0 Å². The van der Waals surface area contributed by atoms with Gasteiger partial charge >= 0.3 is 11.9 Å². The number of nitrogens with zero attached hydrogens (tertiary/aromatic N) is 1. The molecule has 1 N–H and O–H groups in total. The lowest BCUT2D eigenvalue weighted by atomic mass is 10.00. The first kappa shape index (κ1) is 20.4. The number of carbonyl (C=O) groups is 3. The zero-order valence-electron chi connectivity index (χ0n) is 13.6. The number of hydrogen-bond donors (Lipinski definition) is 2. The number of ketones is 1. The van der Waals surface area contributed by atoms with Crippen LogP contribution in [0.5, 0.6) is 0 Å². The van der Waals surface area contributed by atoms with E-state index >= 15 is 0 Å². The molecule has 1 unspecified atom stereocenters.